The third kappa shape index (κ3) is 4.94. The molecule has 2 aliphatic rings. The van der Waals surface area contributed by atoms with Crippen molar-refractivity contribution in [3.63, 3.8) is 0 Å². The minimum absolute atomic E-state index is 0.00700. The molecule has 2 amide bonds. The topological polar surface area (TPSA) is 111 Å². The molecular formula is C24H32F2N5O4+. The lowest BCUT2D eigenvalue weighted by Crippen LogP contribution is -2.47. The van der Waals surface area contributed by atoms with Crippen LogP contribution in [0.3, 0.4) is 0 Å². The van der Waals surface area contributed by atoms with Crippen LogP contribution in [0.15, 0.2) is 10.9 Å². The maximum Gasteiger partial charge on any atom is 0.378 e. The molecule has 35 heavy (non-hydrogen) atoms. The van der Waals surface area contributed by atoms with Crippen LogP contribution in [-0.4, -0.2) is 56.0 Å². The summed E-state index contributed by atoms with van der Waals surface area (Å²) in [4.78, 5) is 40.2. The lowest BCUT2D eigenvalue weighted by Gasteiger charge is -2.36. The number of aromatic amines is 1. The maximum atomic E-state index is 13.7. The lowest BCUT2D eigenvalue weighted by atomic mass is 9.99. The third-order valence-corrected chi connectivity index (χ3v) is 6.50. The molecule has 2 aromatic heterocycles. The Bertz CT molecular complexity index is 1260. The lowest BCUT2D eigenvalue weighted by molar-refractivity contribution is -0.686. The van der Waals surface area contributed by atoms with Gasteiger partial charge in [-0.1, -0.05) is 18.4 Å². The molecule has 0 bridgehead atoms. The Labute approximate surface area is 201 Å². The average molecular weight is 493 g/mol. The summed E-state index contributed by atoms with van der Waals surface area (Å²) in [5.41, 5.74) is 0.295. The van der Waals surface area contributed by atoms with E-state index in [2.05, 4.69) is 10.4 Å². The van der Waals surface area contributed by atoms with E-state index in [1.165, 1.54) is 26.1 Å². The zero-order valence-electron chi connectivity index (χ0n) is 20.4. The Morgan fingerprint density at radius 3 is 2.63 bits per heavy atom. The van der Waals surface area contributed by atoms with E-state index in [1.54, 1.807) is 13.8 Å². The number of aromatic nitrogens is 3. The van der Waals surface area contributed by atoms with Crippen LogP contribution in [0.25, 0.3) is 11.7 Å². The van der Waals surface area contributed by atoms with Gasteiger partial charge in [0.25, 0.3) is 11.8 Å². The molecule has 1 atom stereocenters. The highest BCUT2D eigenvalue weighted by atomic mass is 19.3. The van der Waals surface area contributed by atoms with Crippen LogP contribution in [0.2, 0.25) is 0 Å². The van der Waals surface area contributed by atoms with Crippen molar-refractivity contribution < 1.29 is 28.0 Å². The molecule has 190 valence electrons. The number of nitrogens with one attached hydrogen (secondary N) is 2. The zero-order chi connectivity index (χ0) is 25.7. The third-order valence-electron chi connectivity index (χ3n) is 6.50. The normalized spacial score (nSPS) is 20.2. The molecule has 0 radical (unpaired) electrons. The molecule has 1 unspecified atom stereocenters. The van der Waals surface area contributed by atoms with Crippen molar-refractivity contribution >= 4 is 23.5 Å². The van der Waals surface area contributed by atoms with Gasteiger partial charge < -0.3 is 15.3 Å². The van der Waals surface area contributed by atoms with E-state index >= 15 is 0 Å². The first kappa shape index (κ1) is 24.9. The fourth-order valence-corrected chi connectivity index (χ4v) is 4.57. The number of carbonyl (C=O) groups excluding carboxylic acids is 2. The Balaban J connectivity index is 1.76. The van der Waals surface area contributed by atoms with Crippen molar-refractivity contribution in [1.29, 1.82) is 0 Å². The fraction of sp³-hybridized carbons (Fsp3) is 0.583. The van der Waals surface area contributed by atoms with Crippen LogP contribution in [0.1, 0.15) is 68.1 Å². The average Bonchev–Trinajstić information content (AvgIpc) is 3.49. The Kier molecular flexibility index (Phi) is 6.46. The molecule has 1 aliphatic carbocycles. The number of H-pyrrole nitrogens is 1. The van der Waals surface area contributed by atoms with Gasteiger partial charge in [0.05, 0.1) is 17.8 Å². The van der Waals surface area contributed by atoms with Crippen molar-refractivity contribution in [3.05, 3.63) is 33.3 Å². The molecule has 1 saturated carbocycles. The highest BCUT2D eigenvalue weighted by Gasteiger charge is 2.40. The molecule has 0 spiro atoms. The van der Waals surface area contributed by atoms with Gasteiger partial charge in [0, 0.05) is 37.5 Å². The van der Waals surface area contributed by atoms with E-state index in [1.807, 2.05) is 13.8 Å². The molecular weight excluding hydrogens is 460 g/mol. The Hall–Kier alpha value is -3.24. The molecule has 0 aromatic carbocycles. The Morgan fingerprint density at radius 1 is 1.34 bits per heavy atom. The summed E-state index contributed by atoms with van der Waals surface area (Å²) in [6.45, 7) is 7.44. The second kappa shape index (κ2) is 9.09. The van der Waals surface area contributed by atoms with Crippen LogP contribution in [0, 0.1) is 12.8 Å². The monoisotopic (exact) mass is 492 g/mol. The number of hydrogen-bond acceptors (Lipinski definition) is 4. The van der Waals surface area contributed by atoms with Crippen molar-refractivity contribution in [2.45, 2.75) is 77.9 Å². The van der Waals surface area contributed by atoms with Gasteiger partial charge in [0.2, 0.25) is 11.5 Å². The van der Waals surface area contributed by atoms with Crippen LogP contribution in [0.4, 0.5) is 8.78 Å². The van der Waals surface area contributed by atoms with E-state index in [4.69, 9.17) is 0 Å². The number of fused-ring (bicyclic) bond motifs is 1. The fourth-order valence-electron chi connectivity index (χ4n) is 4.57. The van der Waals surface area contributed by atoms with Crippen LogP contribution < -0.4 is 15.4 Å². The number of rotatable bonds is 6. The molecule has 9 nitrogen and oxygen atoms in total. The summed E-state index contributed by atoms with van der Waals surface area (Å²) >= 11 is 0. The molecule has 2 fully saturated rings. The molecule has 3 N–H and O–H groups in total. The first-order valence-electron chi connectivity index (χ1n) is 12.0. The van der Waals surface area contributed by atoms with Gasteiger partial charge in [-0.05, 0) is 38.7 Å². The summed E-state index contributed by atoms with van der Waals surface area (Å²) in [7, 11) is 0. The molecule has 4 rings (SSSR count). The van der Waals surface area contributed by atoms with Crippen molar-refractivity contribution in [3.8, 4) is 5.88 Å². The molecule has 1 aliphatic heterocycles. The van der Waals surface area contributed by atoms with Gasteiger partial charge in [-0.3, -0.25) is 9.59 Å². The number of halogens is 2. The van der Waals surface area contributed by atoms with E-state index in [0.29, 0.717) is 23.4 Å². The number of aromatic hydroxyl groups is 1. The van der Waals surface area contributed by atoms with Crippen molar-refractivity contribution in [1.82, 2.24) is 19.8 Å². The van der Waals surface area contributed by atoms with Crippen LogP contribution in [0.5, 0.6) is 5.88 Å². The van der Waals surface area contributed by atoms with E-state index in [9.17, 15) is 28.3 Å². The second-order valence-corrected chi connectivity index (χ2v) is 10.1. The van der Waals surface area contributed by atoms with Gasteiger partial charge in [0.15, 0.2) is 0 Å². The largest absolute Gasteiger partial charge is 0.477 e. The smallest absolute Gasteiger partial charge is 0.378 e. The standard InChI is InChI=1S/C24H31F2N5O4/c1-13(2)12-30-21-17(7-8-18(32)29-10-9-24(25,26)11-14(29)3)15(4)28-31(21)23(35)19(22(30)34)20(33)27-16-5-6-16/h7-8,13-14,16H,5-6,9-12H2,1-4H3,(H2,27,33,34,35)/p+1/b8-7+. The predicted octanol–water partition coefficient (Wildman–Crippen LogP) is 2.14. The minimum atomic E-state index is -2.78. The second-order valence-electron chi connectivity index (χ2n) is 10.1. The van der Waals surface area contributed by atoms with E-state index in [-0.39, 0.29) is 36.9 Å². The van der Waals surface area contributed by atoms with Gasteiger partial charge in [0.1, 0.15) is 0 Å². The highest BCUT2D eigenvalue weighted by molar-refractivity contribution is 5.96. The summed E-state index contributed by atoms with van der Waals surface area (Å²) in [5, 5.41) is 16.7. The highest BCUT2D eigenvalue weighted by Crippen LogP contribution is 2.32. The number of hydrogen-bond donors (Lipinski definition) is 3. The summed E-state index contributed by atoms with van der Waals surface area (Å²) < 4.78 is 30.0. The van der Waals surface area contributed by atoms with Crippen molar-refractivity contribution in [2.75, 3.05) is 6.54 Å². The quantitative estimate of drug-likeness (QED) is 0.424. The summed E-state index contributed by atoms with van der Waals surface area (Å²) in [6.07, 6.45) is 3.71. The number of aryl methyl sites for hydroxylation is 1. The van der Waals surface area contributed by atoms with E-state index < -0.39 is 35.2 Å². The van der Waals surface area contributed by atoms with Gasteiger partial charge in [-0.2, -0.15) is 4.57 Å². The maximum absolute atomic E-state index is 13.7. The van der Waals surface area contributed by atoms with Crippen LogP contribution >= 0.6 is 0 Å². The number of carbonyl (C=O) groups is 2. The molecule has 1 saturated heterocycles. The van der Waals surface area contributed by atoms with Gasteiger partial charge in [-0.15, -0.1) is 0 Å². The SMILES string of the molecule is Cc1[nH]n2c(=O)c(C(=O)NC3CC3)c(O)[n+](CC(C)C)c2c1/C=C/C(=O)N1CCC(F)(F)CC1C. The summed E-state index contributed by atoms with van der Waals surface area (Å²) in [6, 6.07) is -0.599. The molecule has 3 heterocycles. The Morgan fingerprint density at radius 2 is 2.03 bits per heavy atom. The first-order valence-corrected chi connectivity index (χ1v) is 12.0. The number of alkyl halides is 2. The number of amides is 2. The van der Waals surface area contributed by atoms with E-state index in [0.717, 1.165) is 12.8 Å². The molecule has 11 heteroatoms. The first-order chi connectivity index (χ1) is 16.4. The zero-order valence-corrected chi connectivity index (χ0v) is 20.4. The van der Waals surface area contributed by atoms with Crippen molar-refractivity contribution in [2.24, 2.45) is 5.92 Å². The van der Waals surface area contributed by atoms with Gasteiger partial charge >= 0.3 is 17.1 Å². The number of piperidine rings is 1. The summed E-state index contributed by atoms with van der Waals surface area (Å²) in [5.74, 6) is -4.19. The predicted molar refractivity (Wildman–Crippen MR) is 124 cm³/mol. The van der Waals surface area contributed by atoms with Crippen LogP contribution in [-0.2, 0) is 11.3 Å². The number of likely N-dealkylation sites (tertiary alicyclic amines) is 1. The number of nitrogens with zero attached hydrogens (tertiary/aromatic N) is 3. The van der Waals surface area contributed by atoms with Gasteiger partial charge in [-0.25, -0.2) is 18.7 Å². The molecule has 2 aromatic rings. The minimum Gasteiger partial charge on any atom is -0.477 e.